The lowest BCUT2D eigenvalue weighted by Crippen LogP contribution is -2.35. The van der Waals surface area contributed by atoms with Gasteiger partial charge in [0.25, 0.3) is 0 Å². The van der Waals surface area contributed by atoms with Gasteiger partial charge in [-0.3, -0.25) is 0 Å². The highest BCUT2D eigenvalue weighted by Gasteiger charge is 2.55. The third-order valence-corrected chi connectivity index (χ3v) is 4.76. The molecule has 1 N–H and O–H groups in total. The molecule has 2 heteroatoms. The molecule has 0 aromatic carbocycles. The summed E-state index contributed by atoms with van der Waals surface area (Å²) in [6.45, 7) is 4.27. The van der Waals surface area contributed by atoms with Crippen LogP contribution >= 0.6 is 0 Å². The molecule has 0 aromatic rings. The fourth-order valence-corrected chi connectivity index (χ4v) is 3.92. The van der Waals surface area contributed by atoms with Crippen LogP contribution in [-0.4, -0.2) is 19.2 Å². The Morgan fingerprint density at radius 3 is 2.71 bits per heavy atom. The van der Waals surface area contributed by atoms with E-state index in [9.17, 15) is 0 Å². The van der Waals surface area contributed by atoms with Crippen molar-refractivity contribution in [2.45, 2.75) is 51.5 Å². The molecule has 2 saturated carbocycles. The van der Waals surface area contributed by atoms with Gasteiger partial charge in [-0.1, -0.05) is 19.8 Å². The van der Waals surface area contributed by atoms with E-state index in [1.165, 1.54) is 37.9 Å². The Balaban J connectivity index is 1.66. The Bertz CT molecular complexity index is 287. The van der Waals surface area contributed by atoms with E-state index in [1.807, 2.05) is 0 Å². The molecule has 1 aliphatic heterocycles. The van der Waals surface area contributed by atoms with Crippen LogP contribution in [0.25, 0.3) is 0 Å². The molecule has 0 radical (unpaired) electrons. The Hall–Kier alpha value is -0.500. The van der Waals surface area contributed by atoms with E-state index >= 15 is 0 Å². The molecule has 96 valence electrons. The summed E-state index contributed by atoms with van der Waals surface area (Å²) in [7, 11) is 0. The van der Waals surface area contributed by atoms with Crippen molar-refractivity contribution in [3.8, 4) is 0 Å². The maximum atomic E-state index is 5.82. The van der Waals surface area contributed by atoms with E-state index < -0.39 is 0 Å². The Morgan fingerprint density at radius 2 is 2.12 bits per heavy atom. The number of rotatable bonds is 5. The highest BCUT2D eigenvalue weighted by atomic mass is 16.5. The third-order valence-electron chi connectivity index (χ3n) is 4.76. The van der Waals surface area contributed by atoms with E-state index in [0.717, 1.165) is 37.3 Å². The number of ether oxygens (including phenoxy) is 1. The van der Waals surface area contributed by atoms with Crippen LogP contribution < -0.4 is 5.32 Å². The summed E-state index contributed by atoms with van der Waals surface area (Å²) in [6.07, 6.45) is 10.5. The molecule has 3 atom stereocenters. The number of hydrogen-bond donors (Lipinski definition) is 1. The van der Waals surface area contributed by atoms with Crippen LogP contribution in [0.3, 0.4) is 0 Å². The van der Waals surface area contributed by atoms with Crippen LogP contribution in [0.1, 0.15) is 45.4 Å². The largest absolute Gasteiger partial charge is 0.496 e. The minimum Gasteiger partial charge on any atom is -0.496 e. The monoisotopic (exact) mass is 235 g/mol. The first-order chi connectivity index (χ1) is 8.42. The molecule has 17 heavy (non-hydrogen) atoms. The van der Waals surface area contributed by atoms with Crippen molar-refractivity contribution in [3.05, 3.63) is 11.8 Å². The van der Waals surface area contributed by atoms with Gasteiger partial charge in [-0.2, -0.15) is 0 Å². The zero-order valence-corrected chi connectivity index (χ0v) is 11.0. The van der Waals surface area contributed by atoms with Gasteiger partial charge in [-0.15, -0.1) is 0 Å². The van der Waals surface area contributed by atoms with Crippen LogP contribution in [0.2, 0.25) is 0 Å². The van der Waals surface area contributed by atoms with Crippen molar-refractivity contribution in [1.29, 1.82) is 0 Å². The Labute approximate surface area is 105 Å². The number of fused-ring (bicyclic) bond motifs is 1. The van der Waals surface area contributed by atoms with Crippen LogP contribution in [0.15, 0.2) is 11.8 Å². The minimum atomic E-state index is 0.533. The SMILES string of the molecule is CCCNC(C1=CCCO1)C1C2CCCCC21. The molecule has 0 saturated heterocycles. The maximum absolute atomic E-state index is 5.82. The Kier molecular flexibility index (Phi) is 3.41. The standard InChI is InChI=1S/C15H25NO/c1-2-9-16-15(13-8-5-10-17-13)14-11-6-3-4-7-12(11)14/h8,11-12,14-16H,2-7,9-10H2,1H3. The van der Waals surface area contributed by atoms with E-state index in [0.29, 0.717) is 6.04 Å². The molecular weight excluding hydrogens is 210 g/mol. The predicted octanol–water partition coefficient (Wildman–Crippen LogP) is 3.10. The van der Waals surface area contributed by atoms with Gasteiger partial charge in [-0.05, 0) is 49.6 Å². The molecule has 2 fully saturated rings. The summed E-state index contributed by atoms with van der Waals surface area (Å²) < 4.78 is 5.82. The second-order valence-electron chi connectivity index (χ2n) is 5.86. The summed E-state index contributed by atoms with van der Waals surface area (Å²) in [6, 6.07) is 0.533. The van der Waals surface area contributed by atoms with Crippen molar-refractivity contribution < 1.29 is 4.74 Å². The molecule has 0 spiro atoms. The molecular formula is C15H25NO. The molecule has 0 bridgehead atoms. The molecule has 0 amide bonds. The summed E-state index contributed by atoms with van der Waals surface area (Å²) in [5.74, 6) is 4.15. The van der Waals surface area contributed by atoms with Gasteiger partial charge in [0.1, 0.15) is 5.76 Å². The highest BCUT2D eigenvalue weighted by Crippen LogP contribution is 2.58. The van der Waals surface area contributed by atoms with E-state index in [1.54, 1.807) is 0 Å². The van der Waals surface area contributed by atoms with Gasteiger partial charge in [-0.25, -0.2) is 0 Å². The molecule has 3 rings (SSSR count). The number of hydrogen-bond acceptors (Lipinski definition) is 2. The average Bonchev–Trinajstić information content (AvgIpc) is 2.83. The third kappa shape index (κ3) is 2.24. The van der Waals surface area contributed by atoms with Crippen LogP contribution in [0.4, 0.5) is 0 Å². The van der Waals surface area contributed by atoms with Gasteiger partial charge < -0.3 is 10.1 Å². The number of nitrogens with one attached hydrogen (secondary N) is 1. The maximum Gasteiger partial charge on any atom is 0.109 e. The quantitative estimate of drug-likeness (QED) is 0.790. The van der Waals surface area contributed by atoms with Crippen molar-refractivity contribution in [1.82, 2.24) is 5.32 Å². The van der Waals surface area contributed by atoms with E-state index in [-0.39, 0.29) is 0 Å². The van der Waals surface area contributed by atoms with Crippen molar-refractivity contribution in [2.75, 3.05) is 13.2 Å². The molecule has 3 aliphatic rings. The highest BCUT2D eigenvalue weighted by molar-refractivity contribution is 5.17. The first-order valence-corrected chi connectivity index (χ1v) is 7.48. The van der Waals surface area contributed by atoms with Gasteiger partial charge in [0, 0.05) is 6.42 Å². The van der Waals surface area contributed by atoms with Crippen LogP contribution in [0, 0.1) is 17.8 Å². The predicted molar refractivity (Wildman–Crippen MR) is 69.7 cm³/mol. The summed E-state index contributed by atoms with van der Waals surface area (Å²) >= 11 is 0. The van der Waals surface area contributed by atoms with Gasteiger partial charge in [0.15, 0.2) is 0 Å². The van der Waals surface area contributed by atoms with Gasteiger partial charge >= 0.3 is 0 Å². The smallest absolute Gasteiger partial charge is 0.109 e. The van der Waals surface area contributed by atoms with Crippen LogP contribution in [0.5, 0.6) is 0 Å². The second kappa shape index (κ2) is 5.01. The zero-order valence-electron chi connectivity index (χ0n) is 11.0. The topological polar surface area (TPSA) is 21.3 Å². The minimum absolute atomic E-state index is 0.533. The summed E-state index contributed by atoms with van der Waals surface area (Å²) in [4.78, 5) is 0. The Morgan fingerprint density at radius 1 is 1.35 bits per heavy atom. The second-order valence-corrected chi connectivity index (χ2v) is 5.86. The van der Waals surface area contributed by atoms with Crippen molar-refractivity contribution in [2.24, 2.45) is 17.8 Å². The van der Waals surface area contributed by atoms with Crippen molar-refractivity contribution >= 4 is 0 Å². The van der Waals surface area contributed by atoms with Gasteiger partial charge in [0.05, 0.1) is 12.6 Å². The van der Waals surface area contributed by atoms with Crippen LogP contribution in [-0.2, 0) is 4.74 Å². The van der Waals surface area contributed by atoms with Crippen molar-refractivity contribution in [3.63, 3.8) is 0 Å². The zero-order chi connectivity index (χ0) is 11.7. The summed E-state index contributed by atoms with van der Waals surface area (Å²) in [5.41, 5.74) is 0. The summed E-state index contributed by atoms with van der Waals surface area (Å²) in [5, 5.41) is 3.74. The molecule has 3 unspecified atom stereocenters. The normalized spacial score (nSPS) is 37.0. The molecule has 2 nitrogen and oxygen atoms in total. The average molecular weight is 235 g/mol. The lowest BCUT2D eigenvalue weighted by atomic mass is 10.0. The fourth-order valence-electron chi connectivity index (χ4n) is 3.92. The first kappa shape index (κ1) is 11.6. The lowest BCUT2D eigenvalue weighted by Gasteiger charge is -2.20. The molecule has 1 heterocycles. The van der Waals surface area contributed by atoms with Gasteiger partial charge in [0.2, 0.25) is 0 Å². The first-order valence-electron chi connectivity index (χ1n) is 7.48. The van der Waals surface area contributed by atoms with E-state index in [2.05, 4.69) is 18.3 Å². The molecule has 2 aliphatic carbocycles. The lowest BCUT2D eigenvalue weighted by molar-refractivity contribution is 0.204. The molecule has 0 aromatic heterocycles. The van der Waals surface area contributed by atoms with E-state index in [4.69, 9.17) is 4.74 Å². The fraction of sp³-hybridized carbons (Fsp3) is 0.867.